The number of tetrazole rings is 1. The van der Waals surface area contributed by atoms with E-state index in [2.05, 4.69) is 10.4 Å². The summed E-state index contributed by atoms with van der Waals surface area (Å²) in [4.78, 5) is 12.2. The lowest BCUT2D eigenvalue weighted by Gasteiger charge is -1.99. The van der Waals surface area contributed by atoms with Gasteiger partial charge in [0.05, 0.1) is 12.2 Å². The Morgan fingerprint density at radius 3 is 2.35 bits per heavy atom. The maximum absolute atomic E-state index is 12.2. The zero-order valence-corrected chi connectivity index (χ0v) is 11.2. The Morgan fingerprint density at radius 2 is 1.65 bits per heavy atom. The fourth-order valence-electron chi connectivity index (χ4n) is 1.87. The van der Waals surface area contributed by atoms with Gasteiger partial charge in [0.15, 0.2) is 0 Å². The van der Waals surface area contributed by atoms with Gasteiger partial charge in [0.25, 0.3) is 0 Å². The summed E-state index contributed by atoms with van der Waals surface area (Å²) < 4.78 is 2.57. The van der Waals surface area contributed by atoms with Crippen LogP contribution in [0.3, 0.4) is 0 Å². The van der Waals surface area contributed by atoms with Crippen molar-refractivity contribution in [3.63, 3.8) is 0 Å². The van der Waals surface area contributed by atoms with Gasteiger partial charge in [-0.1, -0.05) is 41.9 Å². The van der Waals surface area contributed by atoms with Gasteiger partial charge in [0.1, 0.15) is 0 Å². The lowest BCUT2D eigenvalue weighted by atomic mass is 10.2. The molecule has 0 fully saturated rings. The van der Waals surface area contributed by atoms with Gasteiger partial charge in [-0.05, 0) is 40.3 Å². The van der Waals surface area contributed by atoms with Crippen molar-refractivity contribution in [1.82, 2.24) is 19.8 Å². The van der Waals surface area contributed by atoms with Crippen molar-refractivity contribution in [1.29, 1.82) is 0 Å². The molecule has 0 radical (unpaired) electrons. The summed E-state index contributed by atoms with van der Waals surface area (Å²) in [6.45, 7) is 0.396. The van der Waals surface area contributed by atoms with Crippen molar-refractivity contribution in [2.45, 2.75) is 6.54 Å². The van der Waals surface area contributed by atoms with E-state index in [-0.39, 0.29) is 5.69 Å². The van der Waals surface area contributed by atoms with Crippen molar-refractivity contribution < 1.29 is 0 Å². The van der Waals surface area contributed by atoms with Crippen LogP contribution >= 0.6 is 11.6 Å². The SMILES string of the molecule is O=c1n(Cc2ccccc2)nnn1-c1ccc(Cl)cc1. The Bertz CT molecular complexity index is 762. The van der Waals surface area contributed by atoms with Gasteiger partial charge in [-0.2, -0.15) is 9.36 Å². The molecule has 100 valence electrons. The smallest absolute Gasteiger partial charge is 0.244 e. The molecule has 3 aromatic rings. The van der Waals surface area contributed by atoms with Gasteiger partial charge < -0.3 is 0 Å². The number of hydrogen-bond acceptors (Lipinski definition) is 3. The number of aromatic nitrogens is 4. The summed E-state index contributed by atoms with van der Waals surface area (Å²) in [7, 11) is 0. The molecule has 0 saturated heterocycles. The lowest BCUT2D eigenvalue weighted by molar-refractivity contribution is 0.632. The van der Waals surface area contributed by atoms with Gasteiger partial charge in [-0.15, -0.1) is 0 Å². The number of benzene rings is 2. The minimum absolute atomic E-state index is 0.281. The normalized spacial score (nSPS) is 10.7. The van der Waals surface area contributed by atoms with Crippen LogP contribution in [0.25, 0.3) is 5.69 Å². The number of halogens is 1. The molecule has 1 heterocycles. The molecular formula is C14H11ClN4O. The molecule has 6 heteroatoms. The second kappa shape index (κ2) is 5.30. The maximum Gasteiger partial charge on any atom is 0.368 e. The summed E-state index contributed by atoms with van der Waals surface area (Å²) in [5.41, 5.74) is 1.35. The third-order valence-corrected chi connectivity index (χ3v) is 3.14. The first-order valence-electron chi connectivity index (χ1n) is 6.07. The van der Waals surface area contributed by atoms with Gasteiger partial charge in [-0.3, -0.25) is 0 Å². The zero-order valence-electron chi connectivity index (χ0n) is 10.5. The largest absolute Gasteiger partial charge is 0.368 e. The predicted octanol–water partition coefficient (Wildman–Crippen LogP) is 2.13. The first kappa shape index (κ1) is 12.6. The molecule has 0 aliphatic heterocycles. The summed E-state index contributed by atoms with van der Waals surface area (Å²) >= 11 is 5.82. The maximum atomic E-state index is 12.2. The highest BCUT2D eigenvalue weighted by Gasteiger charge is 2.08. The van der Waals surface area contributed by atoms with E-state index in [1.807, 2.05) is 30.3 Å². The van der Waals surface area contributed by atoms with Crippen LogP contribution in [0.2, 0.25) is 5.02 Å². The topological polar surface area (TPSA) is 52.7 Å². The van der Waals surface area contributed by atoms with E-state index >= 15 is 0 Å². The number of nitrogens with zero attached hydrogens (tertiary/aromatic N) is 4. The van der Waals surface area contributed by atoms with E-state index in [9.17, 15) is 4.79 Å². The Morgan fingerprint density at radius 1 is 0.950 bits per heavy atom. The molecule has 0 bridgehead atoms. The third kappa shape index (κ3) is 2.48. The molecule has 0 atom stereocenters. The quantitative estimate of drug-likeness (QED) is 0.741. The lowest BCUT2D eigenvalue weighted by Crippen LogP contribution is -2.24. The van der Waals surface area contributed by atoms with Crippen molar-refractivity contribution in [3.8, 4) is 5.69 Å². The van der Waals surface area contributed by atoms with E-state index < -0.39 is 0 Å². The van der Waals surface area contributed by atoms with E-state index in [1.54, 1.807) is 24.3 Å². The molecule has 0 N–H and O–H groups in total. The van der Waals surface area contributed by atoms with Crippen LogP contribution < -0.4 is 5.69 Å². The van der Waals surface area contributed by atoms with Gasteiger partial charge in [-0.25, -0.2) is 4.79 Å². The second-order valence-electron chi connectivity index (χ2n) is 4.29. The summed E-state index contributed by atoms with van der Waals surface area (Å²) in [5, 5.41) is 8.39. The molecule has 0 spiro atoms. The number of rotatable bonds is 3. The molecule has 20 heavy (non-hydrogen) atoms. The first-order valence-corrected chi connectivity index (χ1v) is 6.44. The van der Waals surface area contributed by atoms with Crippen LogP contribution in [0.1, 0.15) is 5.56 Å². The van der Waals surface area contributed by atoms with E-state index in [1.165, 1.54) is 9.36 Å². The standard InChI is InChI=1S/C14H11ClN4O/c15-12-6-8-13(9-7-12)19-14(20)18(16-17-19)10-11-4-2-1-3-5-11/h1-9H,10H2. The van der Waals surface area contributed by atoms with Crippen molar-refractivity contribution in [3.05, 3.63) is 75.7 Å². The third-order valence-electron chi connectivity index (χ3n) is 2.89. The minimum Gasteiger partial charge on any atom is -0.244 e. The van der Waals surface area contributed by atoms with Gasteiger partial charge >= 0.3 is 5.69 Å². The fourth-order valence-corrected chi connectivity index (χ4v) is 2.00. The molecular weight excluding hydrogens is 276 g/mol. The molecule has 0 aliphatic carbocycles. The molecule has 0 unspecified atom stereocenters. The summed E-state index contributed by atoms with van der Waals surface area (Å²) in [6, 6.07) is 16.5. The fraction of sp³-hybridized carbons (Fsp3) is 0.0714. The summed E-state index contributed by atoms with van der Waals surface area (Å²) in [5.74, 6) is 0. The molecule has 2 aromatic carbocycles. The number of hydrogen-bond donors (Lipinski definition) is 0. The average Bonchev–Trinajstić information content (AvgIpc) is 2.83. The van der Waals surface area contributed by atoms with Crippen LogP contribution in [-0.4, -0.2) is 19.8 Å². The van der Waals surface area contributed by atoms with Crippen LogP contribution in [-0.2, 0) is 6.54 Å². The highest BCUT2D eigenvalue weighted by molar-refractivity contribution is 6.30. The highest BCUT2D eigenvalue weighted by Crippen LogP contribution is 2.10. The van der Waals surface area contributed by atoms with Crippen LogP contribution in [0.4, 0.5) is 0 Å². The Balaban J connectivity index is 1.93. The molecule has 1 aromatic heterocycles. The molecule has 0 amide bonds. The Labute approximate surface area is 120 Å². The Kier molecular flexibility index (Phi) is 3.35. The predicted molar refractivity (Wildman–Crippen MR) is 76.2 cm³/mol. The zero-order chi connectivity index (χ0) is 13.9. The van der Waals surface area contributed by atoms with Crippen molar-refractivity contribution in [2.24, 2.45) is 0 Å². The van der Waals surface area contributed by atoms with E-state index in [0.29, 0.717) is 17.3 Å². The monoisotopic (exact) mass is 286 g/mol. The van der Waals surface area contributed by atoms with Crippen LogP contribution in [0, 0.1) is 0 Å². The van der Waals surface area contributed by atoms with Crippen molar-refractivity contribution in [2.75, 3.05) is 0 Å². The molecule has 5 nitrogen and oxygen atoms in total. The van der Waals surface area contributed by atoms with Crippen LogP contribution in [0.15, 0.2) is 59.4 Å². The van der Waals surface area contributed by atoms with Crippen molar-refractivity contribution >= 4 is 11.6 Å². The minimum atomic E-state index is -0.281. The molecule has 0 aliphatic rings. The van der Waals surface area contributed by atoms with E-state index in [4.69, 9.17) is 11.6 Å². The highest BCUT2D eigenvalue weighted by atomic mass is 35.5. The van der Waals surface area contributed by atoms with E-state index in [0.717, 1.165) is 5.56 Å². The first-order chi connectivity index (χ1) is 9.74. The molecule has 0 saturated carbocycles. The summed E-state index contributed by atoms with van der Waals surface area (Å²) in [6.07, 6.45) is 0. The second-order valence-corrected chi connectivity index (χ2v) is 4.73. The van der Waals surface area contributed by atoms with Gasteiger partial charge in [0, 0.05) is 5.02 Å². The van der Waals surface area contributed by atoms with Gasteiger partial charge in [0.2, 0.25) is 0 Å². The average molecular weight is 287 g/mol. The Hall–Kier alpha value is -2.40. The molecule has 3 rings (SSSR count). The van der Waals surface area contributed by atoms with Crippen LogP contribution in [0.5, 0.6) is 0 Å².